The summed E-state index contributed by atoms with van der Waals surface area (Å²) >= 11 is 0. The minimum Gasteiger partial charge on any atom is -0.489 e. The van der Waals surface area contributed by atoms with Crippen LogP contribution >= 0.6 is 0 Å². The van der Waals surface area contributed by atoms with Crippen molar-refractivity contribution in [1.29, 1.82) is 0 Å². The van der Waals surface area contributed by atoms with E-state index in [0.717, 1.165) is 11.4 Å². The molecule has 0 saturated heterocycles. The van der Waals surface area contributed by atoms with Gasteiger partial charge in [0.25, 0.3) is 0 Å². The van der Waals surface area contributed by atoms with Crippen molar-refractivity contribution in [1.82, 2.24) is 0 Å². The zero-order chi connectivity index (χ0) is 14.5. The quantitative estimate of drug-likeness (QED) is 0.803. The lowest BCUT2D eigenvalue weighted by atomic mass is 9.93. The van der Waals surface area contributed by atoms with Gasteiger partial charge in [0, 0.05) is 6.54 Å². The third-order valence-electron chi connectivity index (χ3n) is 2.71. The summed E-state index contributed by atoms with van der Waals surface area (Å²) in [6.45, 7) is 8.14. The van der Waals surface area contributed by atoms with Gasteiger partial charge >= 0.3 is 5.97 Å². The van der Waals surface area contributed by atoms with Gasteiger partial charge in [0.05, 0.1) is 24.3 Å². The molecule has 0 atom stereocenters. The first-order valence-corrected chi connectivity index (χ1v) is 6.45. The first-order chi connectivity index (χ1) is 8.86. The van der Waals surface area contributed by atoms with E-state index < -0.39 is 5.41 Å². The Hall–Kier alpha value is -1.71. The van der Waals surface area contributed by atoms with Crippen LogP contribution in [0.15, 0.2) is 24.3 Å². The molecule has 0 heterocycles. The first kappa shape index (κ1) is 15.3. The Morgan fingerprint density at radius 2 is 1.95 bits per heavy atom. The van der Waals surface area contributed by atoms with E-state index in [4.69, 9.17) is 9.47 Å². The van der Waals surface area contributed by atoms with Gasteiger partial charge in [-0.3, -0.25) is 4.79 Å². The highest BCUT2D eigenvalue weighted by atomic mass is 16.5. The SMILES string of the molecule is COC(=O)C(C)(C)CNc1ccccc1OC(C)C. The number of esters is 1. The smallest absolute Gasteiger partial charge is 0.313 e. The molecule has 0 saturated carbocycles. The highest BCUT2D eigenvalue weighted by Gasteiger charge is 2.28. The topological polar surface area (TPSA) is 47.6 Å². The molecule has 0 aliphatic rings. The molecule has 1 aromatic rings. The van der Waals surface area contributed by atoms with Crippen molar-refractivity contribution in [3.63, 3.8) is 0 Å². The van der Waals surface area contributed by atoms with Crippen LogP contribution in [-0.4, -0.2) is 25.7 Å². The summed E-state index contributed by atoms with van der Waals surface area (Å²) in [6.07, 6.45) is 0.108. The van der Waals surface area contributed by atoms with Crippen LogP contribution in [0, 0.1) is 5.41 Å². The fraction of sp³-hybridized carbons (Fsp3) is 0.533. The molecule has 0 aliphatic heterocycles. The highest BCUT2D eigenvalue weighted by Crippen LogP contribution is 2.27. The molecule has 0 unspecified atom stereocenters. The molecule has 106 valence electrons. The van der Waals surface area contributed by atoms with E-state index in [1.807, 2.05) is 52.0 Å². The number of ether oxygens (including phenoxy) is 2. The number of anilines is 1. The number of methoxy groups -OCH3 is 1. The van der Waals surface area contributed by atoms with E-state index in [1.54, 1.807) is 0 Å². The van der Waals surface area contributed by atoms with Gasteiger partial charge in [-0.1, -0.05) is 12.1 Å². The second kappa shape index (κ2) is 6.45. The van der Waals surface area contributed by atoms with E-state index in [0.29, 0.717) is 6.54 Å². The van der Waals surface area contributed by atoms with Gasteiger partial charge in [0.15, 0.2) is 0 Å². The second-order valence-electron chi connectivity index (χ2n) is 5.39. The average molecular weight is 265 g/mol. The van der Waals surface area contributed by atoms with Crippen LogP contribution in [-0.2, 0) is 9.53 Å². The summed E-state index contributed by atoms with van der Waals surface area (Å²) in [6, 6.07) is 7.70. The largest absolute Gasteiger partial charge is 0.489 e. The number of rotatable bonds is 6. The summed E-state index contributed by atoms with van der Waals surface area (Å²) in [7, 11) is 1.40. The van der Waals surface area contributed by atoms with Crippen molar-refractivity contribution in [3.8, 4) is 5.75 Å². The number of nitrogens with one attached hydrogen (secondary N) is 1. The Morgan fingerprint density at radius 1 is 1.32 bits per heavy atom. The van der Waals surface area contributed by atoms with Crippen molar-refractivity contribution in [2.45, 2.75) is 33.8 Å². The van der Waals surface area contributed by atoms with Gasteiger partial charge in [-0.25, -0.2) is 0 Å². The molecule has 1 rings (SSSR count). The normalized spacial score (nSPS) is 11.3. The Labute approximate surface area is 115 Å². The minimum atomic E-state index is -0.584. The van der Waals surface area contributed by atoms with Crippen LogP contribution in [0.25, 0.3) is 0 Å². The molecule has 0 radical (unpaired) electrons. The first-order valence-electron chi connectivity index (χ1n) is 6.45. The van der Waals surface area contributed by atoms with Crippen molar-refractivity contribution in [3.05, 3.63) is 24.3 Å². The summed E-state index contributed by atoms with van der Waals surface area (Å²) in [5.74, 6) is 0.556. The summed E-state index contributed by atoms with van der Waals surface area (Å²) in [5, 5.41) is 3.25. The Kier molecular flexibility index (Phi) is 5.21. The zero-order valence-electron chi connectivity index (χ0n) is 12.3. The van der Waals surface area contributed by atoms with Crippen molar-refractivity contribution >= 4 is 11.7 Å². The lowest BCUT2D eigenvalue weighted by molar-refractivity contribution is -0.149. The summed E-state index contributed by atoms with van der Waals surface area (Å²) < 4.78 is 10.5. The molecule has 0 aliphatic carbocycles. The van der Waals surface area contributed by atoms with E-state index in [1.165, 1.54) is 7.11 Å². The van der Waals surface area contributed by atoms with Crippen molar-refractivity contribution in [2.75, 3.05) is 19.0 Å². The second-order valence-corrected chi connectivity index (χ2v) is 5.39. The third-order valence-corrected chi connectivity index (χ3v) is 2.71. The fourth-order valence-electron chi connectivity index (χ4n) is 1.63. The molecule has 0 amide bonds. The van der Waals surface area contributed by atoms with Crippen LogP contribution in [0.5, 0.6) is 5.75 Å². The molecular weight excluding hydrogens is 242 g/mol. The number of hydrogen-bond donors (Lipinski definition) is 1. The van der Waals surface area contributed by atoms with E-state index >= 15 is 0 Å². The summed E-state index contributed by atoms with van der Waals surface area (Å²) in [4.78, 5) is 11.6. The van der Waals surface area contributed by atoms with Gasteiger partial charge < -0.3 is 14.8 Å². The molecule has 0 bridgehead atoms. The van der Waals surface area contributed by atoms with Gasteiger partial charge in [-0.2, -0.15) is 0 Å². The summed E-state index contributed by atoms with van der Waals surface area (Å²) in [5.41, 5.74) is 0.299. The predicted octanol–water partition coefficient (Wildman–Crippen LogP) is 3.08. The minimum absolute atomic E-state index is 0.108. The van der Waals surface area contributed by atoms with Crippen LogP contribution in [0.3, 0.4) is 0 Å². The lowest BCUT2D eigenvalue weighted by Gasteiger charge is -2.23. The molecule has 19 heavy (non-hydrogen) atoms. The van der Waals surface area contributed by atoms with E-state index in [-0.39, 0.29) is 12.1 Å². The molecule has 1 N–H and O–H groups in total. The maximum Gasteiger partial charge on any atom is 0.313 e. The van der Waals surface area contributed by atoms with Crippen LogP contribution in [0.2, 0.25) is 0 Å². The molecule has 0 aromatic heterocycles. The van der Waals surface area contributed by atoms with Crippen molar-refractivity contribution in [2.24, 2.45) is 5.41 Å². The fourth-order valence-corrected chi connectivity index (χ4v) is 1.63. The Morgan fingerprint density at radius 3 is 2.53 bits per heavy atom. The van der Waals surface area contributed by atoms with Gasteiger partial charge in [0.2, 0.25) is 0 Å². The van der Waals surface area contributed by atoms with Crippen molar-refractivity contribution < 1.29 is 14.3 Å². The molecule has 0 spiro atoms. The van der Waals surface area contributed by atoms with Gasteiger partial charge in [-0.05, 0) is 39.8 Å². The monoisotopic (exact) mass is 265 g/mol. The lowest BCUT2D eigenvalue weighted by Crippen LogP contribution is -2.33. The molecular formula is C15H23NO3. The van der Waals surface area contributed by atoms with E-state index in [2.05, 4.69) is 5.32 Å². The Balaban J connectivity index is 2.75. The third kappa shape index (κ3) is 4.47. The molecule has 0 fully saturated rings. The average Bonchev–Trinajstić information content (AvgIpc) is 2.36. The number of carbonyl (C=O) groups excluding carboxylic acids is 1. The van der Waals surface area contributed by atoms with Crippen LogP contribution in [0.1, 0.15) is 27.7 Å². The Bertz CT molecular complexity index is 427. The molecule has 4 heteroatoms. The van der Waals surface area contributed by atoms with Crippen LogP contribution < -0.4 is 10.1 Å². The number of hydrogen-bond acceptors (Lipinski definition) is 4. The molecule has 4 nitrogen and oxygen atoms in total. The maximum atomic E-state index is 11.6. The standard InChI is InChI=1S/C15H23NO3/c1-11(2)19-13-9-7-6-8-12(13)16-10-15(3,4)14(17)18-5/h6-9,11,16H,10H2,1-5H3. The zero-order valence-corrected chi connectivity index (χ0v) is 12.3. The van der Waals surface area contributed by atoms with Gasteiger partial charge in [-0.15, -0.1) is 0 Å². The molecule has 1 aromatic carbocycles. The van der Waals surface area contributed by atoms with E-state index in [9.17, 15) is 4.79 Å². The van der Waals surface area contributed by atoms with Crippen LogP contribution in [0.4, 0.5) is 5.69 Å². The predicted molar refractivity (Wildman–Crippen MR) is 76.5 cm³/mol. The maximum absolute atomic E-state index is 11.6. The number of carbonyl (C=O) groups is 1. The number of benzene rings is 1. The number of para-hydroxylation sites is 2. The van der Waals surface area contributed by atoms with Gasteiger partial charge in [0.1, 0.15) is 5.75 Å². The highest BCUT2D eigenvalue weighted by molar-refractivity contribution is 5.76.